The molecule has 0 aliphatic carbocycles. The number of hydrogen-bond donors (Lipinski definition) is 2. The lowest BCUT2D eigenvalue weighted by Crippen LogP contribution is -2.31. The molecule has 0 fully saturated rings. The second-order valence-electron chi connectivity index (χ2n) is 6.05. The van der Waals surface area contributed by atoms with E-state index in [1.807, 2.05) is 12.1 Å². The summed E-state index contributed by atoms with van der Waals surface area (Å²) in [6.07, 6.45) is 0.101. The van der Waals surface area contributed by atoms with Crippen molar-refractivity contribution in [2.75, 3.05) is 11.1 Å². The molecular formula is C20H15BrFN3O2S. The largest absolute Gasteiger partial charge is 0.325 e. The fourth-order valence-electron chi connectivity index (χ4n) is 2.78. The second-order valence-corrected chi connectivity index (χ2v) is 7.96. The maximum Gasteiger partial charge on any atom is 0.234 e. The van der Waals surface area contributed by atoms with Gasteiger partial charge >= 0.3 is 0 Å². The van der Waals surface area contributed by atoms with Crippen molar-refractivity contribution < 1.29 is 14.0 Å². The number of rotatable bonds is 5. The van der Waals surface area contributed by atoms with E-state index >= 15 is 0 Å². The minimum Gasteiger partial charge on any atom is -0.325 e. The van der Waals surface area contributed by atoms with Gasteiger partial charge in [-0.1, -0.05) is 39.8 Å². The lowest BCUT2D eigenvalue weighted by molar-refractivity contribution is -0.121. The van der Waals surface area contributed by atoms with Gasteiger partial charge in [0.15, 0.2) is 0 Å². The highest BCUT2D eigenvalue weighted by Crippen LogP contribution is 2.35. The number of nitrogens with zero attached hydrogens (tertiary/aromatic N) is 1. The zero-order chi connectivity index (χ0) is 20.1. The van der Waals surface area contributed by atoms with E-state index in [1.165, 1.54) is 12.1 Å². The molecular weight excluding hydrogens is 445 g/mol. The number of thioether (sulfide) groups is 1. The number of allylic oxidation sites excluding steroid dienone is 1. The predicted molar refractivity (Wildman–Crippen MR) is 110 cm³/mol. The Bertz CT molecular complexity index is 968. The standard InChI is InChI=1S/C20H15BrFN3O2S/c21-13-3-7-15(8-4-13)24-19(27)11-28-20-17(10-23)16(9-18(26)25-20)12-1-5-14(22)6-2-12/h1-8,16H,9,11H2,(H,24,27)(H,25,26)/t16-/m0/s1. The van der Waals surface area contributed by atoms with E-state index in [4.69, 9.17) is 0 Å². The van der Waals surface area contributed by atoms with Crippen LogP contribution in [0.5, 0.6) is 0 Å². The van der Waals surface area contributed by atoms with Gasteiger partial charge in [0.2, 0.25) is 11.8 Å². The predicted octanol–water partition coefficient (Wildman–Crippen LogP) is 4.30. The Morgan fingerprint density at radius 3 is 2.57 bits per heavy atom. The molecule has 1 atom stereocenters. The SMILES string of the molecule is N#CC1=C(SCC(=O)Nc2ccc(Br)cc2)NC(=O)C[C@H]1c1ccc(F)cc1. The number of amides is 2. The van der Waals surface area contributed by atoms with E-state index in [-0.39, 0.29) is 29.8 Å². The first-order chi connectivity index (χ1) is 13.5. The molecule has 5 nitrogen and oxygen atoms in total. The van der Waals surface area contributed by atoms with Gasteiger partial charge < -0.3 is 10.6 Å². The zero-order valence-corrected chi connectivity index (χ0v) is 16.9. The Morgan fingerprint density at radius 2 is 1.93 bits per heavy atom. The van der Waals surface area contributed by atoms with Crippen LogP contribution in [-0.2, 0) is 9.59 Å². The summed E-state index contributed by atoms with van der Waals surface area (Å²) in [7, 11) is 0. The normalized spacial score (nSPS) is 16.3. The minimum atomic E-state index is -0.462. The fraction of sp³-hybridized carbons (Fsp3) is 0.150. The van der Waals surface area contributed by atoms with Crippen molar-refractivity contribution >= 4 is 45.2 Å². The molecule has 0 saturated carbocycles. The highest BCUT2D eigenvalue weighted by Gasteiger charge is 2.29. The van der Waals surface area contributed by atoms with Crippen LogP contribution >= 0.6 is 27.7 Å². The molecule has 0 radical (unpaired) electrons. The number of benzene rings is 2. The molecule has 28 heavy (non-hydrogen) atoms. The topological polar surface area (TPSA) is 82.0 Å². The highest BCUT2D eigenvalue weighted by molar-refractivity contribution is 9.10. The van der Waals surface area contributed by atoms with Crippen molar-refractivity contribution in [2.45, 2.75) is 12.3 Å². The molecule has 2 amide bonds. The molecule has 0 aromatic heterocycles. The third-order valence-corrected chi connectivity index (χ3v) is 5.65. The van der Waals surface area contributed by atoms with Crippen molar-refractivity contribution in [3.05, 3.63) is 75.0 Å². The van der Waals surface area contributed by atoms with Crippen molar-refractivity contribution in [1.82, 2.24) is 5.32 Å². The number of carbonyl (C=O) groups excluding carboxylic acids is 2. The van der Waals surface area contributed by atoms with Crippen molar-refractivity contribution in [1.29, 1.82) is 5.26 Å². The van der Waals surface area contributed by atoms with Crippen LogP contribution in [0.3, 0.4) is 0 Å². The monoisotopic (exact) mass is 459 g/mol. The number of anilines is 1. The van der Waals surface area contributed by atoms with Crippen LogP contribution in [0.1, 0.15) is 17.9 Å². The van der Waals surface area contributed by atoms with Crippen LogP contribution in [-0.4, -0.2) is 17.6 Å². The Labute approximate surface area is 174 Å². The molecule has 142 valence electrons. The Hall–Kier alpha value is -2.63. The quantitative estimate of drug-likeness (QED) is 0.698. The van der Waals surface area contributed by atoms with Crippen LogP contribution in [0.25, 0.3) is 0 Å². The Balaban J connectivity index is 1.73. The highest BCUT2D eigenvalue weighted by atomic mass is 79.9. The van der Waals surface area contributed by atoms with Crippen LogP contribution in [0, 0.1) is 17.1 Å². The first-order valence-electron chi connectivity index (χ1n) is 8.34. The second kappa shape index (κ2) is 9.04. The van der Waals surface area contributed by atoms with Gasteiger partial charge in [-0.25, -0.2) is 4.39 Å². The smallest absolute Gasteiger partial charge is 0.234 e. The van der Waals surface area contributed by atoms with Crippen LogP contribution < -0.4 is 10.6 Å². The summed E-state index contributed by atoms with van der Waals surface area (Å²) in [4.78, 5) is 24.3. The number of hydrogen-bond acceptors (Lipinski definition) is 4. The van der Waals surface area contributed by atoms with Crippen LogP contribution in [0.4, 0.5) is 10.1 Å². The summed E-state index contributed by atoms with van der Waals surface area (Å²) < 4.78 is 14.1. The first-order valence-corrected chi connectivity index (χ1v) is 10.1. The fourth-order valence-corrected chi connectivity index (χ4v) is 3.92. The van der Waals surface area contributed by atoms with E-state index in [1.54, 1.807) is 24.3 Å². The molecule has 1 aliphatic rings. The minimum absolute atomic E-state index is 0.0347. The van der Waals surface area contributed by atoms with E-state index in [0.29, 0.717) is 21.9 Å². The van der Waals surface area contributed by atoms with Crippen molar-refractivity contribution in [3.8, 4) is 6.07 Å². The van der Waals surface area contributed by atoms with E-state index in [9.17, 15) is 19.2 Å². The number of carbonyl (C=O) groups is 2. The number of nitriles is 1. The summed E-state index contributed by atoms with van der Waals surface area (Å²) in [5.41, 5.74) is 1.71. The van der Waals surface area contributed by atoms with Gasteiger partial charge in [-0.15, -0.1) is 0 Å². The van der Waals surface area contributed by atoms with E-state index in [2.05, 4.69) is 32.6 Å². The molecule has 3 rings (SSSR count). The molecule has 8 heteroatoms. The molecule has 0 saturated heterocycles. The van der Waals surface area contributed by atoms with Crippen molar-refractivity contribution in [3.63, 3.8) is 0 Å². The zero-order valence-electron chi connectivity index (χ0n) is 14.5. The summed E-state index contributed by atoms with van der Waals surface area (Å²) in [6.45, 7) is 0. The third kappa shape index (κ3) is 5.00. The van der Waals surface area contributed by atoms with Gasteiger partial charge in [-0.05, 0) is 42.0 Å². The van der Waals surface area contributed by atoms with Gasteiger partial charge in [0.25, 0.3) is 0 Å². The lowest BCUT2D eigenvalue weighted by atomic mass is 9.87. The first kappa shape index (κ1) is 20.1. The van der Waals surface area contributed by atoms with Crippen molar-refractivity contribution in [2.24, 2.45) is 0 Å². The molecule has 2 aromatic carbocycles. The summed E-state index contributed by atoms with van der Waals surface area (Å²) in [6, 6.07) is 15.0. The van der Waals surface area contributed by atoms with Gasteiger partial charge in [0.05, 0.1) is 22.4 Å². The van der Waals surface area contributed by atoms with Crippen LogP contribution in [0.15, 0.2) is 63.6 Å². The summed E-state index contributed by atoms with van der Waals surface area (Å²) in [5.74, 6) is -1.31. The average Bonchev–Trinajstić information content (AvgIpc) is 2.68. The molecule has 0 spiro atoms. The molecule has 1 aliphatic heterocycles. The van der Waals surface area contributed by atoms with Crippen LogP contribution in [0.2, 0.25) is 0 Å². The summed E-state index contributed by atoms with van der Waals surface area (Å²) in [5, 5.41) is 15.4. The molecule has 1 heterocycles. The molecule has 2 N–H and O–H groups in total. The molecule has 2 aromatic rings. The van der Waals surface area contributed by atoms with Gasteiger partial charge in [-0.2, -0.15) is 5.26 Å². The van der Waals surface area contributed by atoms with Gasteiger partial charge in [-0.3, -0.25) is 9.59 Å². The summed E-state index contributed by atoms with van der Waals surface area (Å²) >= 11 is 4.42. The number of nitrogens with one attached hydrogen (secondary N) is 2. The number of halogens is 2. The maximum atomic E-state index is 13.2. The Morgan fingerprint density at radius 1 is 1.25 bits per heavy atom. The van der Waals surface area contributed by atoms with E-state index < -0.39 is 5.92 Å². The maximum absolute atomic E-state index is 13.2. The average molecular weight is 460 g/mol. The lowest BCUT2D eigenvalue weighted by Gasteiger charge is -2.25. The van der Waals surface area contributed by atoms with Gasteiger partial charge in [0, 0.05) is 22.5 Å². The van der Waals surface area contributed by atoms with Gasteiger partial charge in [0.1, 0.15) is 5.82 Å². The Kier molecular flexibility index (Phi) is 6.49. The van der Waals surface area contributed by atoms with E-state index in [0.717, 1.165) is 16.2 Å². The molecule has 0 unspecified atom stereocenters. The third-order valence-electron chi connectivity index (χ3n) is 4.10. The molecule has 0 bridgehead atoms.